The minimum atomic E-state index is -0.193. The second kappa shape index (κ2) is 3.79. The molecule has 1 fully saturated rings. The molecule has 2 atom stereocenters. The lowest BCUT2D eigenvalue weighted by atomic mass is 9.71. The smallest absolute Gasteiger partial charge is 0.0724 e. The maximum absolute atomic E-state index is 9.58. The zero-order valence-electron chi connectivity index (χ0n) is 8.63. The van der Waals surface area contributed by atoms with Gasteiger partial charge in [-0.25, -0.2) is 0 Å². The molecule has 0 unspecified atom stereocenters. The average molecular weight is 190 g/mol. The van der Waals surface area contributed by atoms with Gasteiger partial charge in [-0.05, 0) is 43.9 Å². The molecule has 0 bridgehead atoms. The fraction of sp³-hybridized carbons (Fsp3) is 0.692. The van der Waals surface area contributed by atoms with Gasteiger partial charge in [0.1, 0.15) is 0 Å². The van der Waals surface area contributed by atoms with Crippen molar-refractivity contribution in [2.45, 2.75) is 51.0 Å². The standard InChI is InChI=1S/C13H18O/c1-2-3-7-13-8-4-5-11(13)10-12(14)6-9-13/h1,10,12,14H,3-9H2/t12-,13-/m0/s1. The van der Waals surface area contributed by atoms with E-state index in [0.717, 1.165) is 25.7 Å². The number of fused-ring (bicyclic) bond motifs is 1. The molecule has 1 heteroatoms. The van der Waals surface area contributed by atoms with Gasteiger partial charge in [0.15, 0.2) is 0 Å². The van der Waals surface area contributed by atoms with Crippen LogP contribution < -0.4 is 0 Å². The molecule has 2 rings (SSSR count). The largest absolute Gasteiger partial charge is 0.389 e. The van der Waals surface area contributed by atoms with Crippen LogP contribution in [0.2, 0.25) is 0 Å². The van der Waals surface area contributed by atoms with Gasteiger partial charge >= 0.3 is 0 Å². The lowest BCUT2D eigenvalue weighted by Crippen LogP contribution is -2.26. The minimum absolute atomic E-state index is 0.193. The first kappa shape index (κ1) is 9.80. The summed E-state index contributed by atoms with van der Waals surface area (Å²) in [4.78, 5) is 0. The van der Waals surface area contributed by atoms with Crippen molar-refractivity contribution in [1.82, 2.24) is 0 Å². The summed E-state index contributed by atoms with van der Waals surface area (Å²) in [6, 6.07) is 0. The first-order chi connectivity index (χ1) is 6.77. The van der Waals surface area contributed by atoms with E-state index in [4.69, 9.17) is 6.42 Å². The Morgan fingerprint density at radius 3 is 3.21 bits per heavy atom. The molecule has 0 heterocycles. The molecule has 1 N–H and O–H groups in total. The quantitative estimate of drug-likeness (QED) is 0.524. The monoisotopic (exact) mass is 190 g/mol. The van der Waals surface area contributed by atoms with Gasteiger partial charge in [-0.1, -0.05) is 11.6 Å². The minimum Gasteiger partial charge on any atom is -0.389 e. The fourth-order valence-corrected chi connectivity index (χ4v) is 3.05. The Hall–Kier alpha value is -0.740. The fourth-order valence-electron chi connectivity index (χ4n) is 3.05. The highest BCUT2D eigenvalue weighted by Gasteiger charge is 2.40. The van der Waals surface area contributed by atoms with Gasteiger partial charge in [0.25, 0.3) is 0 Å². The van der Waals surface area contributed by atoms with Crippen LogP contribution in [0, 0.1) is 17.8 Å². The summed E-state index contributed by atoms with van der Waals surface area (Å²) in [5, 5.41) is 9.58. The summed E-state index contributed by atoms with van der Waals surface area (Å²) in [6.07, 6.45) is 15.1. The van der Waals surface area contributed by atoms with Gasteiger partial charge in [0, 0.05) is 6.42 Å². The average Bonchev–Trinajstić information content (AvgIpc) is 2.58. The van der Waals surface area contributed by atoms with Gasteiger partial charge in [-0.3, -0.25) is 0 Å². The first-order valence-corrected chi connectivity index (χ1v) is 5.59. The third-order valence-corrected chi connectivity index (χ3v) is 3.84. The molecule has 0 amide bonds. The number of aliphatic hydroxyl groups excluding tert-OH is 1. The molecule has 76 valence electrons. The molecule has 0 aromatic rings. The lowest BCUT2D eigenvalue weighted by molar-refractivity contribution is 0.161. The molecule has 0 radical (unpaired) electrons. The summed E-state index contributed by atoms with van der Waals surface area (Å²) < 4.78 is 0. The lowest BCUT2D eigenvalue weighted by Gasteiger charge is -2.35. The third-order valence-electron chi connectivity index (χ3n) is 3.84. The van der Waals surface area contributed by atoms with Crippen LogP contribution >= 0.6 is 0 Å². The molecular formula is C13H18O. The maximum Gasteiger partial charge on any atom is 0.0724 e. The Morgan fingerprint density at radius 2 is 2.43 bits per heavy atom. The topological polar surface area (TPSA) is 20.2 Å². The normalized spacial score (nSPS) is 36.0. The maximum atomic E-state index is 9.58. The second-order valence-electron chi connectivity index (χ2n) is 4.64. The van der Waals surface area contributed by atoms with Gasteiger partial charge in [-0.15, -0.1) is 12.3 Å². The van der Waals surface area contributed by atoms with E-state index in [0.29, 0.717) is 5.41 Å². The number of hydrogen-bond donors (Lipinski definition) is 1. The van der Waals surface area contributed by atoms with Crippen LogP contribution in [0.3, 0.4) is 0 Å². The van der Waals surface area contributed by atoms with E-state index in [1.807, 2.05) is 0 Å². The second-order valence-corrected chi connectivity index (χ2v) is 4.64. The molecule has 0 saturated heterocycles. The van der Waals surface area contributed by atoms with E-state index in [1.54, 1.807) is 0 Å². The van der Waals surface area contributed by atoms with E-state index < -0.39 is 0 Å². The van der Waals surface area contributed by atoms with Crippen molar-refractivity contribution >= 4 is 0 Å². The van der Waals surface area contributed by atoms with E-state index in [2.05, 4.69) is 12.0 Å². The van der Waals surface area contributed by atoms with Crippen LogP contribution in [0.4, 0.5) is 0 Å². The predicted molar refractivity (Wildman–Crippen MR) is 57.7 cm³/mol. The van der Waals surface area contributed by atoms with Crippen LogP contribution in [0.1, 0.15) is 44.9 Å². The summed E-state index contributed by atoms with van der Waals surface area (Å²) >= 11 is 0. The molecule has 0 aromatic heterocycles. The SMILES string of the molecule is C#CCC[C@@]12CCCC1=C[C@@H](O)CC2. The molecule has 14 heavy (non-hydrogen) atoms. The van der Waals surface area contributed by atoms with Crippen LogP contribution in [0.15, 0.2) is 11.6 Å². The molecular weight excluding hydrogens is 172 g/mol. The summed E-state index contributed by atoms with van der Waals surface area (Å²) in [5.74, 6) is 2.74. The van der Waals surface area contributed by atoms with Crippen LogP contribution in [0.25, 0.3) is 0 Å². The third kappa shape index (κ3) is 1.60. The summed E-state index contributed by atoms with van der Waals surface area (Å²) in [5.41, 5.74) is 1.87. The number of terminal acetylenes is 1. The van der Waals surface area contributed by atoms with Crippen LogP contribution in [0.5, 0.6) is 0 Å². The molecule has 2 aliphatic carbocycles. The summed E-state index contributed by atoms with van der Waals surface area (Å²) in [6.45, 7) is 0. The van der Waals surface area contributed by atoms with Gasteiger partial charge in [-0.2, -0.15) is 0 Å². The van der Waals surface area contributed by atoms with E-state index in [1.165, 1.54) is 24.8 Å². The van der Waals surface area contributed by atoms with Crippen LogP contribution in [-0.2, 0) is 0 Å². The number of hydrogen-bond acceptors (Lipinski definition) is 1. The Kier molecular flexibility index (Phi) is 2.65. The van der Waals surface area contributed by atoms with Gasteiger partial charge < -0.3 is 5.11 Å². The van der Waals surface area contributed by atoms with Gasteiger partial charge in [0.2, 0.25) is 0 Å². The number of allylic oxidation sites excluding steroid dienone is 1. The number of rotatable bonds is 2. The molecule has 0 aliphatic heterocycles. The van der Waals surface area contributed by atoms with Crippen molar-refractivity contribution in [2.75, 3.05) is 0 Å². The Labute approximate surface area is 86.2 Å². The highest BCUT2D eigenvalue weighted by Crippen LogP contribution is 2.52. The van der Waals surface area contributed by atoms with Crippen molar-refractivity contribution in [1.29, 1.82) is 0 Å². The molecule has 1 saturated carbocycles. The van der Waals surface area contributed by atoms with Crippen molar-refractivity contribution in [3.8, 4) is 12.3 Å². The van der Waals surface area contributed by atoms with Crippen LogP contribution in [-0.4, -0.2) is 11.2 Å². The zero-order chi connectivity index (χ0) is 10.0. The van der Waals surface area contributed by atoms with E-state index in [9.17, 15) is 5.11 Å². The molecule has 2 aliphatic rings. The van der Waals surface area contributed by atoms with Crippen molar-refractivity contribution in [3.63, 3.8) is 0 Å². The van der Waals surface area contributed by atoms with E-state index >= 15 is 0 Å². The van der Waals surface area contributed by atoms with Crippen molar-refractivity contribution in [2.24, 2.45) is 5.41 Å². The Balaban J connectivity index is 2.16. The molecule has 1 nitrogen and oxygen atoms in total. The highest BCUT2D eigenvalue weighted by molar-refractivity contribution is 5.24. The predicted octanol–water partition coefficient (Wildman–Crippen LogP) is 2.65. The Morgan fingerprint density at radius 1 is 1.57 bits per heavy atom. The van der Waals surface area contributed by atoms with Gasteiger partial charge in [0.05, 0.1) is 6.10 Å². The summed E-state index contributed by atoms with van der Waals surface area (Å²) in [7, 11) is 0. The highest BCUT2D eigenvalue weighted by atomic mass is 16.3. The van der Waals surface area contributed by atoms with Crippen molar-refractivity contribution < 1.29 is 5.11 Å². The van der Waals surface area contributed by atoms with E-state index in [-0.39, 0.29) is 6.10 Å². The van der Waals surface area contributed by atoms with Crippen molar-refractivity contribution in [3.05, 3.63) is 11.6 Å². The molecule has 0 spiro atoms. The molecule has 0 aromatic carbocycles. The first-order valence-electron chi connectivity index (χ1n) is 5.59. The Bertz CT molecular complexity index is 284. The zero-order valence-corrected chi connectivity index (χ0v) is 8.63. The number of aliphatic hydroxyl groups is 1.